The summed E-state index contributed by atoms with van der Waals surface area (Å²) in [6.45, 7) is 0.732. The van der Waals surface area contributed by atoms with E-state index in [9.17, 15) is 0 Å². The molecule has 0 atom stereocenters. The van der Waals surface area contributed by atoms with Crippen molar-refractivity contribution in [2.75, 3.05) is 11.9 Å². The lowest BCUT2D eigenvalue weighted by Gasteiger charge is -2.22. The van der Waals surface area contributed by atoms with E-state index in [-0.39, 0.29) is 0 Å². The van der Waals surface area contributed by atoms with Crippen LogP contribution in [0.1, 0.15) is 30.0 Å². The summed E-state index contributed by atoms with van der Waals surface area (Å²) in [5.74, 6) is 3.43. The van der Waals surface area contributed by atoms with E-state index >= 15 is 0 Å². The fraction of sp³-hybridized carbons (Fsp3) is 0.200. The van der Waals surface area contributed by atoms with Crippen LogP contribution in [0, 0.1) is 0 Å². The molecule has 1 aromatic heterocycles. The van der Waals surface area contributed by atoms with Crippen molar-refractivity contribution in [1.82, 2.24) is 20.0 Å². The van der Waals surface area contributed by atoms with Gasteiger partial charge in [0.1, 0.15) is 6.54 Å². The van der Waals surface area contributed by atoms with Crippen molar-refractivity contribution in [3.05, 3.63) is 78.3 Å². The van der Waals surface area contributed by atoms with Gasteiger partial charge in [-0.3, -0.25) is 10.4 Å². The minimum Gasteiger partial charge on any atom is -0.336 e. The first-order chi connectivity index (χ1) is 12.8. The minimum atomic E-state index is 0.660. The largest absolute Gasteiger partial charge is 0.336 e. The van der Waals surface area contributed by atoms with Gasteiger partial charge in [-0.15, -0.1) is 0 Å². The predicted molar refractivity (Wildman–Crippen MR) is 103 cm³/mol. The maximum Gasteiger partial charge on any atom is 0.284 e. The topological polar surface area (TPSA) is 62.2 Å². The molecule has 2 aliphatic heterocycles. The molecule has 2 N–H and O–H groups in total. The molecule has 0 bridgehead atoms. The van der Waals surface area contributed by atoms with Crippen molar-refractivity contribution in [3.63, 3.8) is 0 Å². The Morgan fingerprint density at radius 1 is 1.23 bits per heavy atom. The van der Waals surface area contributed by atoms with Crippen LogP contribution in [-0.2, 0) is 0 Å². The first-order valence-electron chi connectivity index (χ1n) is 8.91. The Bertz CT molecular complexity index is 917. The molecule has 0 amide bonds. The van der Waals surface area contributed by atoms with Gasteiger partial charge in [-0.2, -0.15) is 10.1 Å². The molecule has 2 aromatic rings. The van der Waals surface area contributed by atoms with E-state index in [1.807, 2.05) is 30.6 Å². The van der Waals surface area contributed by atoms with Gasteiger partial charge in [-0.05, 0) is 29.4 Å². The molecule has 1 aliphatic carbocycles. The summed E-state index contributed by atoms with van der Waals surface area (Å²) in [5.41, 5.74) is 2.39. The lowest BCUT2D eigenvalue weighted by atomic mass is 10.2. The van der Waals surface area contributed by atoms with Gasteiger partial charge in [0, 0.05) is 23.9 Å². The van der Waals surface area contributed by atoms with Crippen molar-refractivity contribution in [2.45, 2.75) is 18.8 Å². The molecular formula is C20H20N6+. The fourth-order valence-corrected chi connectivity index (χ4v) is 3.17. The van der Waals surface area contributed by atoms with E-state index in [1.54, 1.807) is 0 Å². The zero-order valence-electron chi connectivity index (χ0n) is 14.3. The third-order valence-corrected chi connectivity index (χ3v) is 4.72. The van der Waals surface area contributed by atoms with E-state index in [4.69, 9.17) is 0 Å². The van der Waals surface area contributed by atoms with Crippen molar-refractivity contribution in [2.24, 2.45) is 4.99 Å². The second kappa shape index (κ2) is 6.31. The van der Waals surface area contributed by atoms with Crippen LogP contribution < -0.4 is 10.2 Å². The summed E-state index contributed by atoms with van der Waals surface area (Å²) >= 11 is 0. The number of hydrogen-bond acceptors (Lipinski definition) is 5. The summed E-state index contributed by atoms with van der Waals surface area (Å²) in [7, 11) is 0. The summed E-state index contributed by atoms with van der Waals surface area (Å²) in [6, 6.07) is 12.4. The van der Waals surface area contributed by atoms with Gasteiger partial charge in [-0.25, -0.2) is 0 Å². The summed E-state index contributed by atoms with van der Waals surface area (Å²) in [4.78, 5) is 8.67. The zero-order chi connectivity index (χ0) is 17.3. The molecule has 5 rings (SSSR count). The van der Waals surface area contributed by atoms with Gasteiger partial charge in [0.25, 0.3) is 11.7 Å². The Labute approximate surface area is 152 Å². The van der Waals surface area contributed by atoms with Crippen LogP contribution in [0.5, 0.6) is 0 Å². The van der Waals surface area contributed by atoms with Gasteiger partial charge in [0.2, 0.25) is 0 Å². The highest BCUT2D eigenvalue weighted by atomic mass is 15.4. The van der Waals surface area contributed by atoms with E-state index < -0.39 is 0 Å². The molecule has 0 unspecified atom stereocenters. The Kier molecular flexibility index (Phi) is 3.68. The molecule has 26 heavy (non-hydrogen) atoms. The molecule has 1 fully saturated rings. The number of aromatic amines is 1. The first-order valence-corrected chi connectivity index (χ1v) is 8.91. The molecule has 1 saturated carbocycles. The number of rotatable bonds is 5. The highest BCUT2D eigenvalue weighted by Gasteiger charge is 2.36. The number of H-pyrrole nitrogens is 1. The van der Waals surface area contributed by atoms with Crippen LogP contribution in [0.4, 0.5) is 5.82 Å². The maximum absolute atomic E-state index is 4.48. The number of aromatic nitrogens is 2. The summed E-state index contributed by atoms with van der Waals surface area (Å²) in [5, 5.41) is 11.0. The number of aliphatic imine (C=N–C) groups is 1. The highest BCUT2D eigenvalue weighted by Crippen LogP contribution is 2.39. The number of nitrogens with zero attached hydrogens (tertiary/aromatic N) is 4. The molecule has 6 nitrogen and oxygen atoms in total. The SMILES string of the molecule is C1=C[N+]2C(Nc3cc(C4CC4)[nH]n3)=CN(/C=C/c3ccccc3)CC2=N1. The second-order valence-corrected chi connectivity index (χ2v) is 6.73. The number of fused-ring (bicyclic) bond motifs is 1. The number of amidine groups is 1. The molecular weight excluding hydrogens is 324 g/mol. The molecule has 3 aliphatic rings. The summed E-state index contributed by atoms with van der Waals surface area (Å²) in [6.07, 6.45) is 12.6. The Morgan fingerprint density at radius 2 is 2.12 bits per heavy atom. The summed E-state index contributed by atoms with van der Waals surface area (Å²) < 4.78 is 0. The van der Waals surface area contributed by atoms with E-state index in [0.29, 0.717) is 5.92 Å². The molecule has 0 saturated heterocycles. The normalized spacial score (nSPS) is 19.6. The molecule has 129 valence electrons. The molecule has 6 heteroatoms. The van der Waals surface area contributed by atoms with Crippen LogP contribution in [0.25, 0.3) is 6.08 Å². The average molecular weight is 344 g/mol. The number of hydrogen-bond donors (Lipinski definition) is 2. The molecule has 3 heterocycles. The van der Waals surface area contributed by atoms with Crippen LogP contribution in [0.2, 0.25) is 0 Å². The Balaban J connectivity index is 1.37. The fourth-order valence-electron chi connectivity index (χ4n) is 3.17. The van der Waals surface area contributed by atoms with Gasteiger partial charge in [0.15, 0.2) is 12.0 Å². The van der Waals surface area contributed by atoms with Crippen LogP contribution in [0.3, 0.4) is 0 Å². The van der Waals surface area contributed by atoms with Gasteiger partial charge in [0.05, 0.1) is 12.4 Å². The smallest absolute Gasteiger partial charge is 0.284 e. The Hall–Kier alpha value is -3.12. The average Bonchev–Trinajstić information content (AvgIpc) is 3.22. The van der Waals surface area contributed by atoms with Gasteiger partial charge in [-0.1, -0.05) is 30.3 Å². The number of anilines is 1. The lowest BCUT2D eigenvalue weighted by molar-refractivity contribution is 0.536. The van der Waals surface area contributed by atoms with Gasteiger partial charge < -0.3 is 4.90 Å². The predicted octanol–water partition coefficient (Wildman–Crippen LogP) is 3.51. The number of benzene rings is 1. The highest BCUT2D eigenvalue weighted by molar-refractivity contribution is 5.93. The molecule has 1 aromatic carbocycles. The van der Waals surface area contributed by atoms with Crippen LogP contribution in [0.15, 0.2) is 72.0 Å². The second-order valence-electron chi connectivity index (χ2n) is 6.73. The van der Waals surface area contributed by atoms with Crippen molar-refractivity contribution in [3.8, 4) is 0 Å². The monoisotopic (exact) mass is 344 g/mol. The van der Waals surface area contributed by atoms with Crippen molar-refractivity contribution < 1.29 is 0 Å². The number of nitrogens with one attached hydrogen (secondary N) is 2. The van der Waals surface area contributed by atoms with Crippen molar-refractivity contribution >= 4 is 17.7 Å². The zero-order valence-corrected chi connectivity index (χ0v) is 14.3. The molecule has 1 radical (unpaired) electrons. The minimum absolute atomic E-state index is 0.660. The third-order valence-electron chi connectivity index (χ3n) is 4.72. The first kappa shape index (κ1) is 15.2. The van der Waals surface area contributed by atoms with Crippen LogP contribution >= 0.6 is 0 Å². The standard InChI is InChI=1S/C20H20N6/c1-2-4-15(5-3-1)8-10-25-13-19-21-9-11-26(19)20(14-25)22-18-12-17(23-24-18)16-6-7-16/h1-5,8-12,14,16H,6-7,13H2,(H2,22,23,24)/q+1/b10-8+. The molecule has 0 spiro atoms. The maximum atomic E-state index is 4.48. The van der Waals surface area contributed by atoms with E-state index in [1.165, 1.54) is 24.1 Å². The van der Waals surface area contributed by atoms with Crippen molar-refractivity contribution in [1.29, 1.82) is 0 Å². The van der Waals surface area contributed by atoms with E-state index in [2.05, 4.69) is 67.0 Å². The van der Waals surface area contributed by atoms with Crippen LogP contribution in [-0.4, -0.2) is 27.5 Å². The lowest BCUT2D eigenvalue weighted by Crippen LogP contribution is -2.43. The van der Waals surface area contributed by atoms with Gasteiger partial charge >= 0.3 is 0 Å². The van der Waals surface area contributed by atoms with E-state index in [0.717, 1.165) is 24.0 Å². The quantitative estimate of drug-likeness (QED) is 0.816. The third kappa shape index (κ3) is 3.07. The Morgan fingerprint density at radius 3 is 2.96 bits per heavy atom.